The van der Waals surface area contributed by atoms with Crippen molar-refractivity contribution in [2.24, 2.45) is 7.05 Å². The Kier molecular flexibility index (Phi) is 8.61. The number of nitrogens with zero attached hydrogens (tertiary/aromatic N) is 4. The molecule has 0 radical (unpaired) electrons. The van der Waals surface area contributed by atoms with Crippen molar-refractivity contribution in [2.45, 2.75) is 13.8 Å². The van der Waals surface area contributed by atoms with Crippen LogP contribution >= 0.6 is 0 Å². The minimum atomic E-state index is -0.709. The third-order valence-corrected chi connectivity index (χ3v) is 7.10. The number of fused-ring (bicyclic) bond motifs is 1. The Labute approximate surface area is 252 Å². The molecule has 0 spiro atoms. The molecule has 0 saturated heterocycles. The number of halogens is 2. The second-order valence-electron chi connectivity index (χ2n) is 10.1. The molecule has 8 nitrogen and oxygen atoms in total. The second-order valence-corrected chi connectivity index (χ2v) is 10.1. The third-order valence-electron chi connectivity index (χ3n) is 7.10. The van der Waals surface area contributed by atoms with Crippen molar-refractivity contribution in [3.63, 3.8) is 0 Å². The Hall–Kier alpha value is -5.64. The lowest BCUT2D eigenvalue weighted by molar-refractivity contribution is -0.115. The summed E-state index contributed by atoms with van der Waals surface area (Å²) in [5.74, 6) is -1.40. The fraction of sp³-hybridized carbons (Fsp3) is 0.118. The largest absolute Gasteiger partial charge is 0.454 e. The van der Waals surface area contributed by atoms with Crippen molar-refractivity contribution in [3.05, 3.63) is 120 Å². The molecule has 0 aliphatic heterocycles. The monoisotopic (exact) mass is 593 g/mol. The molecule has 5 rings (SSSR count). The van der Waals surface area contributed by atoms with E-state index in [1.807, 2.05) is 32.2 Å². The van der Waals surface area contributed by atoms with E-state index in [1.165, 1.54) is 30.3 Å². The molecule has 1 N–H and O–H groups in total. The summed E-state index contributed by atoms with van der Waals surface area (Å²) in [7, 11) is 3.61. The number of nitrogens with one attached hydrogen (secondary N) is 1. The van der Waals surface area contributed by atoms with Gasteiger partial charge in [0.05, 0.1) is 17.3 Å². The van der Waals surface area contributed by atoms with Crippen LogP contribution < -0.4 is 15.0 Å². The molecule has 3 aromatic carbocycles. The number of aldehydes is 1. The van der Waals surface area contributed by atoms with Crippen molar-refractivity contribution in [2.75, 3.05) is 17.3 Å². The molecular weight excluding hydrogens is 564 g/mol. The molecule has 222 valence electrons. The zero-order chi connectivity index (χ0) is 31.4. The summed E-state index contributed by atoms with van der Waals surface area (Å²) in [6.45, 7) is 3.66. The van der Waals surface area contributed by atoms with Gasteiger partial charge in [0, 0.05) is 60.1 Å². The molecule has 2 aromatic heterocycles. The Morgan fingerprint density at radius 1 is 1.00 bits per heavy atom. The van der Waals surface area contributed by atoms with Gasteiger partial charge in [0.2, 0.25) is 0 Å². The summed E-state index contributed by atoms with van der Waals surface area (Å²) in [5.41, 5.74) is 4.68. The molecule has 0 atom stereocenters. The van der Waals surface area contributed by atoms with E-state index in [0.717, 1.165) is 39.5 Å². The van der Waals surface area contributed by atoms with Gasteiger partial charge in [-0.15, -0.1) is 0 Å². The zero-order valence-electron chi connectivity index (χ0n) is 24.5. The van der Waals surface area contributed by atoms with Crippen LogP contribution in [-0.4, -0.2) is 34.0 Å². The number of amides is 1. The van der Waals surface area contributed by atoms with E-state index in [-0.39, 0.29) is 22.8 Å². The van der Waals surface area contributed by atoms with Crippen LogP contribution in [0.25, 0.3) is 22.0 Å². The maximum atomic E-state index is 15.3. The van der Waals surface area contributed by atoms with E-state index in [1.54, 1.807) is 60.2 Å². The first-order valence-corrected chi connectivity index (χ1v) is 13.6. The van der Waals surface area contributed by atoms with Crippen LogP contribution in [0.15, 0.2) is 103 Å². The Bertz CT molecular complexity index is 1930. The van der Waals surface area contributed by atoms with Crippen molar-refractivity contribution in [3.8, 4) is 22.6 Å². The highest BCUT2D eigenvalue weighted by Gasteiger charge is 2.16. The summed E-state index contributed by atoms with van der Waals surface area (Å²) < 4.78 is 36.3. The number of benzene rings is 3. The first-order valence-electron chi connectivity index (χ1n) is 13.6. The highest BCUT2D eigenvalue weighted by atomic mass is 19.1. The van der Waals surface area contributed by atoms with Crippen molar-refractivity contribution < 1.29 is 23.1 Å². The van der Waals surface area contributed by atoms with Crippen LogP contribution in [0.1, 0.15) is 12.6 Å². The number of hydrogen-bond acceptors (Lipinski definition) is 6. The van der Waals surface area contributed by atoms with Crippen molar-refractivity contribution >= 4 is 34.5 Å². The zero-order valence-corrected chi connectivity index (χ0v) is 24.5. The number of pyridine rings is 1. The van der Waals surface area contributed by atoms with Gasteiger partial charge in [0.1, 0.15) is 11.6 Å². The lowest BCUT2D eigenvalue weighted by Crippen LogP contribution is -2.16. The van der Waals surface area contributed by atoms with E-state index in [0.29, 0.717) is 17.7 Å². The number of ether oxygens (including phenoxy) is 1. The van der Waals surface area contributed by atoms with Gasteiger partial charge in [-0.25, -0.2) is 8.78 Å². The maximum Gasteiger partial charge on any atom is 0.258 e. The van der Waals surface area contributed by atoms with Gasteiger partial charge in [-0.3, -0.25) is 19.3 Å². The van der Waals surface area contributed by atoms with Crippen LogP contribution in [0.2, 0.25) is 0 Å². The predicted molar refractivity (Wildman–Crippen MR) is 166 cm³/mol. The first kappa shape index (κ1) is 29.8. The molecule has 0 fully saturated rings. The standard InChI is InChI=1S/C34H29F2N5O3/c1-21-15-23(13-14-37-21)29-18-31-25(19-38-41(31)4)16-33(29)44-32-12-9-27(17-30(32)36)39-34(43)24(20-42)6-5-22(2)40(3)28-10-7-26(35)8-11-28/h5-20H,1-4H3,(H,39,43)/b22-5-,24-6+. The molecule has 0 aliphatic rings. The highest BCUT2D eigenvalue weighted by Crippen LogP contribution is 2.38. The van der Waals surface area contributed by atoms with Crippen LogP contribution in [-0.2, 0) is 16.6 Å². The van der Waals surface area contributed by atoms with Gasteiger partial charge in [-0.2, -0.15) is 5.10 Å². The van der Waals surface area contributed by atoms with Crippen LogP contribution in [0.5, 0.6) is 11.5 Å². The number of anilines is 2. The Balaban J connectivity index is 1.35. The molecule has 5 aromatic rings. The number of aromatic nitrogens is 3. The van der Waals surface area contributed by atoms with Crippen molar-refractivity contribution in [1.29, 1.82) is 0 Å². The van der Waals surface area contributed by atoms with Gasteiger partial charge in [0.15, 0.2) is 17.9 Å². The summed E-state index contributed by atoms with van der Waals surface area (Å²) >= 11 is 0. The maximum absolute atomic E-state index is 15.3. The summed E-state index contributed by atoms with van der Waals surface area (Å²) in [5, 5.41) is 7.68. The molecule has 2 heterocycles. The molecule has 0 bridgehead atoms. The number of rotatable bonds is 9. The average Bonchev–Trinajstić information content (AvgIpc) is 3.37. The lowest BCUT2D eigenvalue weighted by Gasteiger charge is -2.19. The summed E-state index contributed by atoms with van der Waals surface area (Å²) in [4.78, 5) is 30.6. The number of hydrogen-bond donors (Lipinski definition) is 1. The van der Waals surface area contributed by atoms with Crippen LogP contribution in [0.3, 0.4) is 0 Å². The Morgan fingerprint density at radius 2 is 1.77 bits per heavy atom. The lowest BCUT2D eigenvalue weighted by atomic mass is 10.0. The topological polar surface area (TPSA) is 89.3 Å². The molecule has 0 aliphatic carbocycles. The normalized spacial score (nSPS) is 11.9. The number of aryl methyl sites for hydroxylation is 2. The third kappa shape index (κ3) is 6.54. The van der Waals surface area contributed by atoms with E-state index in [2.05, 4.69) is 15.4 Å². The van der Waals surface area contributed by atoms with Crippen LogP contribution in [0.4, 0.5) is 20.2 Å². The molecule has 1 amide bonds. The summed E-state index contributed by atoms with van der Waals surface area (Å²) in [6, 6.07) is 17.4. The quantitative estimate of drug-likeness (QED) is 0.0644. The van der Waals surface area contributed by atoms with Gasteiger partial charge >= 0.3 is 0 Å². The fourth-order valence-electron chi connectivity index (χ4n) is 4.54. The van der Waals surface area contributed by atoms with E-state index < -0.39 is 11.7 Å². The summed E-state index contributed by atoms with van der Waals surface area (Å²) in [6.07, 6.45) is 6.77. The molecular formula is C34H29F2N5O3. The van der Waals surface area contributed by atoms with Gasteiger partial charge < -0.3 is 15.0 Å². The molecule has 0 saturated carbocycles. The number of carbonyl (C=O) groups excluding carboxylic acids is 2. The minimum absolute atomic E-state index is 0.0493. The van der Waals surface area contributed by atoms with Crippen LogP contribution in [0, 0.1) is 18.6 Å². The SMILES string of the molecule is C/C(=C/C=C(\C=O)C(=O)Nc1ccc(Oc2cc3cnn(C)c3cc2-c2ccnc(C)c2)c(F)c1)N(C)c1ccc(F)cc1. The molecule has 44 heavy (non-hydrogen) atoms. The smallest absolute Gasteiger partial charge is 0.258 e. The average molecular weight is 594 g/mol. The van der Waals surface area contributed by atoms with E-state index in [4.69, 9.17) is 4.74 Å². The molecule has 0 unspecified atom stereocenters. The van der Waals surface area contributed by atoms with Gasteiger partial charge in [0.25, 0.3) is 5.91 Å². The highest BCUT2D eigenvalue weighted by molar-refractivity contribution is 6.16. The minimum Gasteiger partial charge on any atom is -0.454 e. The van der Waals surface area contributed by atoms with Gasteiger partial charge in [-0.05, 0) is 92.2 Å². The predicted octanol–water partition coefficient (Wildman–Crippen LogP) is 7.12. The molecule has 10 heteroatoms. The van der Waals surface area contributed by atoms with Crippen molar-refractivity contribution in [1.82, 2.24) is 14.8 Å². The fourth-order valence-corrected chi connectivity index (χ4v) is 4.54. The number of carbonyl (C=O) groups is 2. The van der Waals surface area contributed by atoms with Gasteiger partial charge in [-0.1, -0.05) is 0 Å². The Morgan fingerprint density at radius 3 is 2.48 bits per heavy atom. The second kappa shape index (κ2) is 12.7. The first-order chi connectivity index (χ1) is 21.1. The number of allylic oxidation sites excluding steroid dienone is 3. The van der Waals surface area contributed by atoms with E-state index in [9.17, 15) is 14.0 Å². The van der Waals surface area contributed by atoms with E-state index >= 15 is 4.39 Å².